The third-order valence-electron chi connectivity index (χ3n) is 9.03. The molecule has 2 aromatic heterocycles. The van der Waals surface area contributed by atoms with Crippen molar-refractivity contribution in [1.82, 2.24) is 0 Å². The fourth-order valence-corrected chi connectivity index (χ4v) is 6.79. The van der Waals surface area contributed by atoms with Crippen LogP contribution in [0.1, 0.15) is 23.5 Å². The Bertz CT molecular complexity index is 2420. The maximum absolute atomic E-state index is 6.39. The zero-order valence-corrected chi connectivity index (χ0v) is 24.5. The lowest BCUT2D eigenvalue weighted by atomic mass is 9.87. The van der Waals surface area contributed by atoms with Crippen molar-refractivity contribution in [2.45, 2.75) is 12.3 Å². The van der Waals surface area contributed by atoms with Crippen molar-refractivity contribution in [1.29, 1.82) is 0 Å². The minimum absolute atomic E-state index is 0.399. The van der Waals surface area contributed by atoms with Crippen LogP contribution < -0.4 is 5.32 Å². The molecule has 1 N–H and O–H groups in total. The van der Waals surface area contributed by atoms with Crippen LogP contribution in [0.2, 0.25) is 0 Å². The van der Waals surface area contributed by atoms with E-state index in [0.717, 1.165) is 72.8 Å². The van der Waals surface area contributed by atoms with Crippen molar-refractivity contribution in [3.63, 3.8) is 0 Å². The lowest BCUT2D eigenvalue weighted by molar-refractivity contribution is 0.668. The van der Waals surface area contributed by atoms with Crippen molar-refractivity contribution in [3.8, 4) is 11.1 Å². The molecule has 1 aliphatic rings. The van der Waals surface area contributed by atoms with Crippen molar-refractivity contribution in [2.24, 2.45) is 0 Å². The second-order valence-corrected chi connectivity index (χ2v) is 11.7. The molecule has 1 atom stereocenters. The molecule has 1 aliphatic carbocycles. The number of hydrogen-bond acceptors (Lipinski definition) is 3. The van der Waals surface area contributed by atoms with Crippen molar-refractivity contribution in [3.05, 3.63) is 163 Å². The van der Waals surface area contributed by atoms with Gasteiger partial charge in [-0.2, -0.15) is 0 Å². The third-order valence-corrected chi connectivity index (χ3v) is 9.03. The molecule has 45 heavy (non-hydrogen) atoms. The molecule has 2 heterocycles. The highest BCUT2D eigenvalue weighted by Crippen LogP contribution is 2.41. The summed E-state index contributed by atoms with van der Waals surface area (Å²) >= 11 is 0. The first-order chi connectivity index (χ1) is 22.3. The first-order valence-electron chi connectivity index (χ1n) is 15.5. The Balaban J connectivity index is 1.05. The molecule has 0 saturated heterocycles. The van der Waals surface area contributed by atoms with Gasteiger partial charge in [-0.1, -0.05) is 103 Å². The third kappa shape index (κ3) is 4.44. The van der Waals surface area contributed by atoms with E-state index in [4.69, 9.17) is 8.83 Å². The average molecular weight is 580 g/mol. The van der Waals surface area contributed by atoms with Gasteiger partial charge in [-0.05, 0) is 82.8 Å². The molecule has 0 fully saturated rings. The summed E-state index contributed by atoms with van der Waals surface area (Å²) in [6.45, 7) is 0. The summed E-state index contributed by atoms with van der Waals surface area (Å²) in [7, 11) is 0. The smallest absolute Gasteiger partial charge is 0.137 e. The van der Waals surface area contributed by atoms with Crippen LogP contribution in [0.5, 0.6) is 0 Å². The summed E-state index contributed by atoms with van der Waals surface area (Å²) in [6.07, 6.45) is 7.94. The molecular weight excluding hydrogens is 550 g/mol. The number of allylic oxidation sites excluding steroid dienone is 4. The fourth-order valence-electron chi connectivity index (χ4n) is 6.79. The first kappa shape index (κ1) is 25.7. The predicted molar refractivity (Wildman–Crippen MR) is 187 cm³/mol. The normalized spacial score (nSPS) is 14.8. The van der Waals surface area contributed by atoms with Gasteiger partial charge in [0.1, 0.15) is 22.3 Å². The number of fused-ring (bicyclic) bond motifs is 6. The molecule has 0 aliphatic heterocycles. The molecule has 0 bridgehead atoms. The molecule has 8 aromatic rings. The van der Waals surface area contributed by atoms with Gasteiger partial charge in [0.25, 0.3) is 0 Å². The highest BCUT2D eigenvalue weighted by molar-refractivity contribution is 6.16. The van der Waals surface area contributed by atoms with E-state index in [1.807, 2.05) is 12.1 Å². The molecule has 3 heteroatoms. The number of rotatable bonds is 5. The second-order valence-electron chi connectivity index (χ2n) is 11.7. The standard InChI is InChI=1S/C42H29NO2/c1-2-8-27(9-3-1)28-16-18-30(19-17-28)33-11-6-14-39-41(33)42-36(12-7-15-40(42)45-39)43-32-23-20-29(21-24-32)31-22-25-38-35(26-31)34-10-4-5-13-37(34)44-38/h1-16,18-26,28,43H,17H2. The van der Waals surface area contributed by atoms with Gasteiger partial charge < -0.3 is 14.2 Å². The molecular formula is C42H29NO2. The number of nitrogens with one attached hydrogen (secondary N) is 1. The monoisotopic (exact) mass is 579 g/mol. The summed E-state index contributed by atoms with van der Waals surface area (Å²) in [5.41, 5.74) is 11.8. The number of para-hydroxylation sites is 1. The first-order valence-corrected chi connectivity index (χ1v) is 15.5. The van der Waals surface area contributed by atoms with Gasteiger partial charge in [0.05, 0.1) is 11.1 Å². The number of benzene rings is 6. The van der Waals surface area contributed by atoms with Gasteiger partial charge >= 0.3 is 0 Å². The molecule has 0 saturated carbocycles. The Labute approximate surface area is 260 Å². The SMILES string of the molecule is C1=CC(c2ccccc2)CC=C1c1cccc2oc3cccc(Nc4ccc(-c5ccc6oc7ccccc7c6c5)cc4)c3c12. The van der Waals surface area contributed by atoms with Gasteiger partial charge in [-0.3, -0.25) is 0 Å². The Morgan fingerprint density at radius 1 is 0.556 bits per heavy atom. The quantitative estimate of drug-likeness (QED) is 0.220. The summed E-state index contributed by atoms with van der Waals surface area (Å²) in [4.78, 5) is 0. The molecule has 0 spiro atoms. The van der Waals surface area contributed by atoms with E-state index in [0.29, 0.717) is 5.92 Å². The zero-order chi connectivity index (χ0) is 29.7. The highest BCUT2D eigenvalue weighted by atomic mass is 16.3. The van der Waals surface area contributed by atoms with Gasteiger partial charge in [0.2, 0.25) is 0 Å². The van der Waals surface area contributed by atoms with Crippen LogP contribution in [0.3, 0.4) is 0 Å². The Morgan fingerprint density at radius 3 is 2.11 bits per heavy atom. The van der Waals surface area contributed by atoms with Crippen LogP contribution in [0, 0.1) is 0 Å². The maximum atomic E-state index is 6.39. The molecule has 214 valence electrons. The van der Waals surface area contributed by atoms with E-state index < -0.39 is 0 Å². The van der Waals surface area contributed by atoms with Crippen LogP contribution in [0.4, 0.5) is 11.4 Å². The Kier molecular flexibility index (Phi) is 5.95. The topological polar surface area (TPSA) is 38.3 Å². The van der Waals surface area contributed by atoms with Crippen LogP contribution >= 0.6 is 0 Å². The predicted octanol–water partition coefficient (Wildman–Crippen LogP) is 12.0. The highest BCUT2D eigenvalue weighted by Gasteiger charge is 2.18. The number of hydrogen-bond donors (Lipinski definition) is 1. The van der Waals surface area contributed by atoms with Crippen molar-refractivity contribution in [2.75, 3.05) is 5.32 Å². The van der Waals surface area contributed by atoms with Crippen molar-refractivity contribution < 1.29 is 8.83 Å². The van der Waals surface area contributed by atoms with Gasteiger partial charge in [0, 0.05) is 27.8 Å². The molecule has 0 amide bonds. The summed E-state index contributed by atoms with van der Waals surface area (Å²) < 4.78 is 12.4. The van der Waals surface area contributed by atoms with E-state index in [1.54, 1.807) is 0 Å². The second kappa shape index (κ2) is 10.4. The van der Waals surface area contributed by atoms with Crippen LogP contribution in [0.25, 0.3) is 60.6 Å². The Morgan fingerprint density at radius 2 is 1.27 bits per heavy atom. The zero-order valence-electron chi connectivity index (χ0n) is 24.5. The van der Waals surface area contributed by atoms with E-state index in [2.05, 4.69) is 145 Å². The largest absolute Gasteiger partial charge is 0.456 e. The van der Waals surface area contributed by atoms with Gasteiger partial charge in [-0.25, -0.2) is 0 Å². The van der Waals surface area contributed by atoms with Crippen LogP contribution in [-0.2, 0) is 0 Å². The molecule has 3 nitrogen and oxygen atoms in total. The lowest BCUT2D eigenvalue weighted by Gasteiger charge is -2.17. The maximum Gasteiger partial charge on any atom is 0.137 e. The summed E-state index contributed by atoms with van der Waals surface area (Å²) in [6, 6.07) is 46.6. The van der Waals surface area contributed by atoms with Gasteiger partial charge in [-0.15, -0.1) is 0 Å². The van der Waals surface area contributed by atoms with E-state index >= 15 is 0 Å². The molecule has 1 unspecified atom stereocenters. The molecule has 9 rings (SSSR count). The van der Waals surface area contributed by atoms with E-state index in [-0.39, 0.29) is 0 Å². The lowest BCUT2D eigenvalue weighted by Crippen LogP contribution is -1.98. The van der Waals surface area contributed by atoms with Gasteiger partial charge in [0.15, 0.2) is 0 Å². The average Bonchev–Trinajstić information content (AvgIpc) is 3.68. The van der Waals surface area contributed by atoms with Crippen LogP contribution in [0.15, 0.2) is 161 Å². The summed E-state index contributed by atoms with van der Waals surface area (Å²) in [5, 5.41) is 8.22. The number of furan rings is 2. The number of anilines is 2. The van der Waals surface area contributed by atoms with Crippen LogP contribution in [-0.4, -0.2) is 0 Å². The van der Waals surface area contributed by atoms with E-state index in [9.17, 15) is 0 Å². The van der Waals surface area contributed by atoms with E-state index in [1.165, 1.54) is 16.7 Å². The molecule has 0 radical (unpaired) electrons. The molecule has 6 aromatic carbocycles. The summed E-state index contributed by atoms with van der Waals surface area (Å²) in [5.74, 6) is 0.399. The minimum atomic E-state index is 0.399. The Hall–Kier alpha value is -5.80. The minimum Gasteiger partial charge on any atom is -0.456 e. The fraction of sp³-hybridized carbons (Fsp3) is 0.0476. The van der Waals surface area contributed by atoms with Crippen molar-refractivity contribution >= 4 is 60.8 Å².